The number of nitrogens with zero attached hydrogens (tertiary/aromatic N) is 3. The average molecular weight is 658 g/mol. The Kier molecular flexibility index (Phi) is 6.64. The normalized spacial score (nSPS) is 11.6. The molecule has 0 aliphatic heterocycles. The van der Waals surface area contributed by atoms with Crippen LogP contribution in [0.15, 0.2) is 168 Å². The molecule has 0 spiro atoms. The lowest BCUT2D eigenvalue weighted by Gasteiger charge is -2.08. The zero-order valence-electron chi connectivity index (χ0n) is 26.7. The lowest BCUT2D eigenvalue weighted by atomic mass is 9.99. The van der Waals surface area contributed by atoms with Crippen LogP contribution in [0.1, 0.15) is 0 Å². The minimum atomic E-state index is 0.602. The van der Waals surface area contributed by atoms with Gasteiger partial charge in [0, 0.05) is 53.2 Å². The fraction of sp³-hybridized carbons (Fsp3) is 0. The molecule has 0 saturated heterocycles. The Hall–Kier alpha value is -6.43. The number of rotatable bonds is 5. The second-order valence-corrected chi connectivity index (χ2v) is 13.5. The molecule has 0 aliphatic rings. The Balaban J connectivity index is 1.08. The Bertz CT molecular complexity index is 2800. The number of fused-ring (bicyclic) bond motifs is 6. The Morgan fingerprint density at radius 3 is 1.66 bits per heavy atom. The standard InChI is InChI=1S/C45H27N3OS/c1-4-11-28(12-5-1)31-19-23-36-38-25-32(21-24-40(38)50-41(36)27-31)34-17-10-18-37-35-22-20-33(26-39(35)49-42(34)37)45-47-43(29-13-6-2-7-14-29)46-44(48-45)30-15-8-3-9-16-30/h1-27H. The first-order valence-electron chi connectivity index (χ1n) is 16.6. The number of furan rings is 1. The molecule has 234 valence electrons. The van der Waals surface area contributed by atoms with Gasteiger partial charge in [-0.1, -0.05) is 133 Å². The third-order valence-electron chi connectivity index (χ3n) is 9.35. The number of hydrogen-bond donors (Lipinski definition) is 0. The van der Waals surface area contributed by atoms with Crippen LogP contribution in [-0.4, -0.2) is 15.0 Å². The van der Waals surface area contributed by atoms with Gasteiger partial charge in [-0.25, -0.2) is 15.0 Å². The van der Waals surface area contributed by atoms with E-state index in [4.69, 9.17) is 19.4 Å². The highest BCUT2D eigenvalue weighted by molar-refractivity contribution is 7.25. The fourth-order valence-corrected chi connectivity index (χ4v) is 7.98. The van der Waals surface area contributed by atoms with Gasteiger partial charge in [0.25, 0.3) is 0 Å². The van der Waals surface area contributed by atoms with E-state index >= 15 is 0 Å². The zero-order valence-corrected chi connectivity index (χ0v) is 27.6. The first-order chi connectivity index (χ1) is 24.7. The number of benzene rings is 7. The van der Waals surface area contributed by atoms with Gasteiger partial charge in [0.05, 0.1) is 0 Å². The lowest BCUT2D eigenvalue weighted by molar-refractivity contribution is 0.670. The van der Waals surface area contributed by atoms with Crippen LogP contribution in [0.3, 0.4) is 0 Å². The third kappa shape index (κ3) is 4.87. The summed E-state index contributed by atoms with van der Waals surface area (Å²) >= 11 is 1.84. The van der Waals surface area contributed by atoms with Crippen LogP contribution in [-0.2, 0) is 0 Å². The van der Waals surface area contributed by atoms with Crippen LogP contribution >= 0.6 is 11.3 Å². The molecule has 10 aromatic rings. The molecule has 0 unspecified atom stereocenters. The van der Waals surface area contributed by atoms with Gasteiger partial charge in [0.15, 0.2) is 17.5 Å². The van der Waals surface area contributed by atoms with Crippen molar-refractivity contribution in [2.24, 2.45) is 0 Å². The molecule has 50 heavy (non-hydrogen) atoms. The predicted molar refractivity (Wildman–Crippen MR) is 207 cm³/mol. The molecule has 4 nitrogen and oxygen atoms in total. The summed E-state index contributed by atoms with van der Waals surface area (Å²) in [6.45, 7) is 0. The summed E-state index contributed by atoms with van der Waals surface area (Å²) < 4.78 is 9.27. The van der Waals surface area contributed by atoms with Crippen LogP contribution in [0.25, 0.3) is 98.5 Å². The van der Waals surface area contributed by atoms with Crippen LogP contribution in [0.2, 0.25) is 0 Å². The Morgan fingerprint density at radius 1 is 0.360 bits per heavy atom. The number of para-hydroxylation sites is 1. The highest BCUT2D eigenvalue weighted by Gasteiger charge is 2.17. The van der Waals surface area contributed by atoms with Crippen molar-refractivity contribution in [3.05, 3.63) is 164 Å². The minimum absolute atomic E-state index is 0.602. The zero-order chi connectivity index (χ0) is 33.0. The molecule has 0 saturated carbocycles. The highest BCUT2D eigenvalue weighted by Crippen LogP contribution is 2.41. The molecule has 0 atom stereocenters. The van der Waals surface area contributed by atoms with E-state index in [0.29, 0.717) is 17.5 Å². The summed E-state index contributed by atoms with van der Waals surface area (Å²) in [5.74, 6) is 1.87. The summed E-state index contributed by atoms with van der Waals surface area (Å²) in [6.07, 6.45) is 0. The quantitative estimate of drug-likeness (QED) is 0.185. The first-order valence-corrected chi connectivity index (χ1v) is 17.4. The van der Waals surface area contributed by atoms with E-state index in [9.17, 15) is 0 Å². The predicted octanol–water partition coefficient (Wildman–Crippen LogP) is 12.5. The van der Waals surface area contributed by atoms with Crippen molar-refractivity contribution in [2.75, 3.05) is 0 Å². The fourth-order valence-electron chi connectivity index (χ4n) is 6.86. The summed E-state index contributed by atoms with van der Waals surface area (Å²) in [5, 5.41) is 4.67. The minimum Gasteiger partial charge on any atom is -0.455 e. The molecule has 3 heterocycles. The highest BCUT2D eigenvalue weighted by atomic mass is 32.1. The second-order valence-electron chi connectivity index (χ2n) is 12.4. The topological polar surface area (TPSA) is 51.8 Å². The molecule has 0 bridgehead atoms. The number of aromatic nitrogens is 3. The molecule has 10 rings (SSSR count). The van der Waals surface area contributed by atoms with E-state index in [1.807, 2.05) is 72.0 Å². The van der Waals surface area contributed by atoms with Gasteiger partial charge in [-0.05, 0) is 47.0 Å². The summed E-state index contributed by atoms with van der Waals surface area (Å²) in [4.78, 5) is 14.7. The van der Waals surface area contributed by atoms with Crippen LogP contribution < -0.4 is 0 Å². The van der Waals surface area contributed by atoms with E-state index in [1.54, 1.807) is 0 Å². The van der Waals surface area contributed by atoms with Gasteiger partial charge in [0.2, 0.25) is 0 Å². The lowest BCUT2D eigenvalue weighted by Crippen LogP contribution is -2.00. The van der Waals surface area contributed by atoms with E-state index in [-0.39, 0.29) is 0 Å². The van der Waals surface area contributed by atoms with Gasteiger partial charge in [0.1, 0.15) is 11.2 Å². The Morgan fingerprint density at radius 2 is 0.960 bits per heavy atom. The molecule has 0 aliphatic carbocycles. The maximum absolute atomic E-state index is 6.71. The van der Waals surface area contributed by atoms with Crippen molar-refractivity contribution in [1.82, 2.24) is 15.0 Å². The molecule has 0 fully saturated rings. The van der Waals surface area contributed by atoms with Gasteiger partial charge in [-0.15, -0.1) is 11.3 Å². The molecule has 0 radical (unpaired) electrons. The van der Waals surface area contributed by atoms with Crippen LogP contribution in [0, 0.1) is 0 Å². The van der Waals surface area contributed by atoms with Crippen molar-refractivity contribution < 1.29 is 4.42 Å². The van der Waals surface area contributed by atoms with Gasteiger partial charge < -0.3 is 4.42 Å². The maximum atomic E-state index is 6.71. The molecule has 0 N–H and O–H groups in total. The second kappa shape index (κ2) is 11.6. The smallest absolute Gasteiger partial charge is 0.164 e. The van der Waals surface area contributed by atoms with Crippen molar-refractivity contribution in [1.29, 1.82) is 0 Å². The van der Waals surface area contributed by atoms with Crippen LogP contribution in [0.5, 0.6) is 0 Å². The van der Waals surface area contributed by atoms with Gasteiger partial charge in [-0.2, -0.15) is 0 Å². The molecular weight excluding hydrogens is 631 g/mol. The van der Waals surface area contributed by atoms with Crippen molar-refractivity contribution >= 4 is 53.4 Å². The van der Waals surface area contributed by atoms with E-state index in [0.717, 1.165) is 49.8 Å². The molecule has 5 heteroatoms. The molecular formula is C45H27N3OS. The van der Waals surface area contributed by atoms with Crippen molar-refractivity contribution in [3.63, 3.8) is 0 Å². The third-order valence-corrected chi connectivity index (χ3v) is 10.5. The van der Waals surface area contributed by atoms with E-state index in [1.165, 1.54) is 31.3 Å². The monoisotopic (exact) mass is 657 g/mol. The molecule has 7 aromatic carbocycles. The summed E-state index contributed by atoms with van der Waals surface area (Å²) in [7, 11) is 0. The maximum Gasteiger partial charge on any atom is 0.164 e. The number of thiophene rings is 1. The largest absolute Gasteiger partial charge is 0.455 e. The molecule has 3 aromatic heterocycles. The number of hydrogen-bond acceptors (Lipinski definition) is 5. The van der Waals surface area contributed by atoms with E-state index in [2.05, 4.69) is 103 Å². The first kappa shape index (κ1) is 28.6. The van der Waals surface area contributed by atoms with Gasteiger partial charge >= 0.3 is 0 Å². The van der Waals surface area contributed by atoms with Crippen LogP contribution in [0.4, 0.5) is 0 Å². The Labute approximate surface area is 292 Å². The summed E-state index contributed by atoms with van der Waals surface area (Å²) in [5.41, 5.74) is 9.09. The van der Waals surface area contributed by atoms with Crippen molar-refractivity contribution in [2.45, 2.75) is 0 Å². The summed E-state index contributed by atoms with van der Waals surface area (Å²) in [6, 6.07) is 56.9. The average Bonchev–Trinajstić information content (AvgIpc) is 3.76. The van der Waals surface area contributed by atoms with Crippen molar-refractivity contribution in [3.8, 4) is 56.4 Å². The molecule has 0 amide bonds. The SMILES string of the molecule is c1ccc(-c2ccc3c(c2)sc2ccc(-c4cccc5c4oc4cc(-c6nc(-c7ccccc7)nc(-c7ccccc7)n6)ccc45)cc23)cc1. The van der Waals surface area contributed by atoms with Gasteiger partial charge in [-0.3, -0.25) is 0 Å². The van der Waals surface area contributed by atoms with E-state index < -0.39 is 0 Å².